The Labute approximate surface area is 117 Å². The maximum absolute atomic E-state index is 11.2. The molecule has 1 atom stereocenters. The number of rotatable bonds is 7. The zero-order chi connectivity index (χ0) is 14.4. The molecule has 106 valence electrons. The number of aliphatic hydroxyl groups excluding tert-OH is 1. The lowest BCUT2D eigenvalue weighted by molar-refractivity contribution is -0.0123. The molecule has 1 rings (SSSR count). The van der Waals surface area contributed by atoms with E-state index in [2.05, 4.69) is 0 Å². The second kappa shape index (κ2) is 7.33. The molecule has 0 fully saturated rings. The predicted molar refractivity (Wildman–Crippen MR) is 72.6 cm³/mol. The van der Waals surface area contributed by atoms with E-state index in [0.717, 1.165) is 0 Å². The lowest BCUT2D eigenvalue weighted by Crippen LogP contribution is -2.26. The molecule has 0 aliphatic heterocycles. The molecular formula is C13H18ClNO4. The van der Waals surface area contributed by atoms with Gasteiger partial charge in [-0.05, 0) is 32.0 Å². The molecule has 0 aliphatic rings. The van der Waals surface area contributed by atoms with Gasteiger partial charge in [-0.1, -0.05) is 11.6 Å². The Balaban J connectivity index is 2.60. The molecule has 0 bridgehead atoms. The van der Waals surface area contributed by atoms with Crippen molar-refractivity contribution >= 4 is 17.5 Å². The first-order valence-electron chi connectivity index (χ1n) is 5.92. The molecular weight excluding hydrogens is 270 g/mol. The first kappa shape index (κ1) is 15.8. The van der Waals surface area contributed by atoms with Crippen molar-refractivity contribution in [3.05, 3.63) is 28.8 Å². The van der Waals surface area contributed by atoms with Crippen molar-refractivity contribution < 1.29 is 19.4 Å². The van der Waals surface area contributed by atoms with Gasteiger partial charge >= 0.3 is 0 Å². The van der Waals surface area contributed by atoms with Crippen molar-refractivity contribution in [2.45, 2.75) is 26.1 Å². The Bertz CT molecular complexity index is 437. The highest BCUT2D eigenvalue weighted by atomic mass is 35.5. The van der Waals surface area contributed by atoms with Crippen LogP contribution < -0.4 is 10.5 Å². The predicted octanol–water partition coefficient (Wildman–Crippen LogP) is 1.60. The summed E-state index contributed by atoms with van der Waals surface area (Å²) in [4.78, 5) is 11.2. The minimum absolute atomic E-state index is 0.00856. The number of nitrogens with two attached hydrogens (primary N) is 1. The summed E-state index contributed by atoms with van der Waals surface area (Å²) in [6.07, 6.45) is -0.745. The Morgan fingerprint density at radius 2 is 2.11 bits per heavy atom. The first-order valence-corrected chi connectivity index (χ1v) is 6.29. The van der Waals surface area contributed by atoms with Gasteiger partial charge in [0.15, 0.2) is 0 Å². The Kier molecular flexibility index (Phi) is 6.08. The highest BCUT2D eigenvalue weighted by Crippen LogP contribution is 2.22. The van der Waals surface area contributed by atoms with Crippen LogP contribution in [-0.4, -0.2) is 36.4 Å². The summed E-state index contributed by atoms with van der Waals surface area (Å²) in [5, 5.41) is 10.0. The van der Waals surface area contributed by atoms with Crippen LogP contribution in [-0.2, 0) is 4.74 Å². The van der Waals surface area contributed by atoms with Crippen LogP contribution in [0.1, 0.15) is 24.2 Å². The fourth-order valence-electron chi connectivity index (χ4n) is 1.36. The van der Waals surface area contributed by atoms with Crippen LogP contribution in [0.3, 0.4) is 0 Å². The van der Waals surface area contributed by atoms with Gasteiger partial charge in [0.1, 0.15) is 18.5 Å². The topological polar surface area (TPSA) is 81.8 Å². The molecule has 0 saturated carbocycles. The van der Waals surface area contributed by atoms with Crippen LogP contribution in [0.15, 0.2) is 18.2 Å². The van der Waals surface area contributed by atoms with E-state index in [1.807, 2.05) is 13.8 Å². The van der Waals surface area contributed by atoms with Gasteiger partial charge in [-0.3, -0.25) is 4.79 Å². The van der Waals surface area contributed by atoms with Crippen LogP contribution >= 0.6 is 11.6 Å². The van der Waals surface area contributed by atoms with E-state index in [1.54, 1.807) is 12.1 Å². The van der Waals surface area contributed by atoms with E-state index < -0.39 is 12.0 Å². The van der Waals surface area contributed by atoms with Crippen molar-refractivity contribution in [1.29, 1.82) is 0 Å². The summed E-state index contributed by atoms with van der Waals surface area (Å²) in [5.41, 5.74) is 5.41. The molecule has 0 heterocycles. The zero-order valence-electron chi connectivity index (χ0n) is 10.9. The van der Waals surface area contributed by atoms with Crippen molar-refractivity contribution in [1.82, 2.24) is 0 Å². The molecule has 0 aromatic heterocycles. The van der Waals surface area contributed by atoms with Gasteiger partial charge in [-0.2, -0.15) is 0 Å². The largest absolute Gasteiger partial charge is 0.490 e. The van der Waals surface area contributed by atoms with Crippen LogP contribution in [0.4, 0.5) is 0 Å². The summed E-state index contributed by atoms with van der Waals surface area (Å²) < 4.78 is 10.6. The van der Waals surface area contributed by atoms with E-state index in [1.165, 1.54) is 6.07 Å². The van der Waals surface area contributed by atoms with Crippen LogP contribution in [0.2, 0.25) is 5.02 Å². The molecule has 19 heavy (non-hydrogen) atoms. The first-order chi connectivity index (χ1) is 8.90. The smallest absolute Gasteiger partial charge is 0.252 e. The van der Waals surface area contributed by atoms with Crippen molar-refractivity contribution in [3.8, 4) is 5.75 Å². The highest BCUT2D eigenvalue weighted by molar-refractivity contribution is 6.31. The minimum atomic E-state index is -0.779. The molecule has 3 N–H and O–H groups in total. The number of ether oxygens (including phenoxy) is 2. The van der Waals surface area contributed by atoms with E-state index in [0.29, 0.717) is 10.8 Å². The normalized spacial score (nSPS) is 12.5. The molecule has 1 aromatic carbocycles. The number of primary amides is 1. The fraction of sp³-hybridized carbons (Fsp3) is 0.462. The van der Waals surface area contributed by atoms with E-state index in [9.17, 15) is 9.90 Å². The number of halogens is 1. The maximum Gasteiger partial charge on any atom is 0.252 e. The fourth-order valence-corrected chi connectivity index (χ4v) is 1.53. The van der Waals surface area contributed by atoms with Crippen molar-refractivity contribution in [3.63, 3.8) is 0 Å². The molecule has 0 saturated heterocycles. The number of hydrogen-bond donors (Lipinski definition) is 2. The van der Waals surface area contributed by atoms with Gasteiger partial charge in [0.25, 0.3) is 5.91 Å². The minimum Gasteiger partial charge on any atom is -0.490 e. The highest BCUT2D eigenvalue weighted by Gasteiger charge is 2.13. The number of benzene rings is 1. The quantitative estimate of drug-likeness (QED) is 0.798. The number of carbonyl (C=O) groups excluding carboxylic acids is 1. The molecule has 0 unspecified atom stereocenters. The van der Waals surface area contributed by atoms with E-state index in [4.69, 9.17) is 26.8 Å². The Morgan fingerprint density at radius 1 is 1.42 bits per heavy atom. The summed E-state index contributed by atoms with van der Waals surface area (Å²) in [5.74, 6) is -0.342. The maximum atomic E-state index is 11.2. The van der Waals surface area contributed by atoms with Crippen LogP contribution in [0, 0.1) is 0 Å². The van der Waals surface area contributed by atoms with Gasteiger partial charge in [-0.25, -0.2) is 0 Å². The van der Waals surface area contributed by atoms with Gasteiger partial charge in [0.05, 0.1) is 18.3 Å². The summed E-state index contributed by atoms with van der Waals surface area (Å²) in [6.45, 7) is 3.92. The molecule has 1 amide bonds. The second-order valence-corrected chi connectivity index (χ2v) is 4.79. The third-order valence-electron chi connectivity index (χ3n) is 2.26. The lowest BCUT2D eigenvalue weighted by atomic mass is 10.2. The molecule has 6 heteroatoms. The third kappa shape index (κ3) is 5.46. The zero-order valence-corrected chi connectivity index (χ0v) is 11.7. The van der Waals surface area contributed by atoms with Crippen LogP contribution in [0.5, 0.6) is 5.75 Å². The number of aliphatic hydroxyl groups is 1. The summed E-state index contributed by atoms with van der Waals surface area (Å²) >= 11 is 5.78. The molecule has 0 aliphatic carbocycles. The standard InChI is InChI=1S/C13H18ClNO4/c1-8(2)18-6-10(16)7-19-12-4-3-9(14)5-11(12)13(15)17/h3-5,8,10,16H,6-7H2,1-2H3,(H2,15,17)/t10-/m0/s1. The molecule has 0 radical (unpaired) electrons. The van der Waals surface area contributed by atoms with Gasteiger partial charge in [-0.15, -0.1) is 0 Å². The number of amides is 1. The van der Waals surface area contributed by atoms with E-state index >= 15 is 0 Å². The van der Waals surface area contributed by atoms with Crippen molar-refractivity contribution in [2.75, 3.05) is 13.2 Å². The Morgan fingerprint density at radius 3 is 2.68 bits per heavy atom. The van der Waals surface area contributed by atoms with Gasteiger partial charge < -0.3 is 20.3 Å². The SMILES string of the molecule is CC(C)OC[C@H](O)COc1ccc(Cl)cc1C(N)=O. The summed E-state index contributed by atoms with van der Waals surface area (Å²) in [7, 11) is 0. The molecule has 1 aromatic rings. The van der Waals surface area contributed by atoms with Crippen molar-refractivity contribution in [2.24, 2.45) is 5.73 Å². The molecule has 0 spiro atoms. The van der Waals surface area contributed by atoms with E-state index in [-0.39, 0.29) is 24.9 Å². The Hall–Kier alpha value is -1.30. The number of hydrogen-bond acceptors (Lipinski definition) is 4. The average molecular weight is 288 g/mol. The van der Waals surface area contributed by atoms with Gasteiger partial charge in [0, 0.05) is 5.02 Å². The third-order valence-corrected chi connectivity index (χ3v) is 2.50. The van der Waals surface area contributed by atoms with Gasteiger partial charge in [0.2, 0.25) is 0 Å². The second-order valence-electron chi connectivity index (χ2n) is 4.35. The summed E-state index contributed by atoms with van der Waals surface area (Å²) in [6, 6.07) is 4.55. The molecule has 5 nitrogen and oxygen atoms in total. The average Bonchev–Trinajstić information content (AvgIpc) is 2.34. The number of carbonyl (C=O) groups is 1. The monoisotopic (exact) mass is 287 g/mol. The van der Waals surface area contributed by atoms with Crippen LogP contribution in [0.25, 0.3) is 0 Å². The lowest BCUT2D eigenvalue weighted by Gasteiger charge is -2.15.